The molecule has 1 heterocycles. The molecule has 1 N–H and O–H groups in total. The van der Waals surface area contributed by atoms with Crippen molar-refractivity contribution in [3.8, 4) is 0 Å². The van der Waals surface area contributed by atoms with Crippen LogP contribution in [0.1, 0.15) is 23.2 Å². The van der Waals surface area contributed by atoms with Gasteiger partial charge in [-0.25, -0.2) is 0 Å². The smallest absolute Gasteiger partial charge is 0.270 e. The van der Waals surface area contributed by atoms with E-state index in [1.165, 1.54) is 12.1 Å². The lowest BCUT2D eigenvalue weighted by molar-refractivity contribution is -0.384. The first kappa shape index (κ1) is 14.9. The molecule has 20 heavy (non-hydrogen) atoms. The Morgan fingerprint density at radius 1 is 1.45 bits per heavy atom. The highest BCUT2D eigenvalue weighted by Crippen LogP contribution is 2.25. The number of benzene rings is 1. The molecule has 1 amide bonds. The Hall–Kier alpha value is -1.47. The summed E-state index contributed by atoms with van der Waals surface area (Å²) in [6, 6.07) is 4.42. The maximum absolute atomic E-state index is 12.5. The van der Waals surface area contributed by atoms with Crippen molar-refractivity contribution in [3.63, 3.8) is 0 Å². The average molecular weight is 342 g/mol. The molecule has 0 aliphatic carbocycles. The van der Waals surface area contributed by atoms with Crippen LogP contribution in [0.25, 0.3) is 0 Å². The van der Waals surface area contributed by atoms with Gasteiger partial charge in [0.1, 0.15) is 0 Å². The molecule has 1 aromatic carbocycles. The minimum absolute atomic E-state index is 0.0738. The van der Waals surface area contributed by atoms with E-state index < -0.39 is 4.92 Å². The molecule has 6 nitrogen and oxygen atoms in total. The fraction of sp³-hybridized carbons (Fsp3) is 0.462. The van der Waals surface area contributed by atoms with Gasteiger partial charge in [-0.3, -0.25) is 14.9 Å². The van der Waals surface area contributed by atoms with E-state index in [0.717, 1.165) is 25.9 Å². The van der Waals surface area contributed by atoms with Crippen LogP contribution in [0.15, 0.2) is 22.7 Å². The van der Waals surface area contributed by atoms with Crippen LogP contribution >= 0.6 is 15.9 Å². The van der Waals surface area contributed by atoms with Crippen molar-refractivity contribution in [1.82, 2.24) is 10.2 Å². The standard InChI is InChI=1S/C13H16BrN3O3/c1-16(9-4-6-15-7-5-9)13(18)11-8-10(17(19)20)2-3-12(11)14/h2-3,8-9,15H,4-7H2,1H3. The lowest BCUT2D eigenvalue weighted by Crippen LogP contribution is -2.44. The molecule has 108 valence electrons. The Morgan fingerprint density at radius 2 is 2.10 bits per heavy atom. The number of non-ortho nitro benzene ring substituents is 1. The van der Waals surface area contributed by atoms with Gasteiger partial charge in [0.15, 0.2) is 0 Å². The van der Waals surface area contributed by atoms with Crippen LogP contribution in [0, 0.1) is 10.1 Å². The minimum atomic E-state index is -0.492. The van der Waals surface area contributed by atoms with Gasteiger partial charge in [0.25, 0.3) is 11.6 Å². The zero-order valence-electron chi connectivity index (χ0n) is 11.1. The second-order valence-electron chi connectivity index (χ2n) is 4.82. The highest BCUT2D eigenvalue weighted by molar-refractivity contribution is 9.10. The number of hydrogen-bond acceptors (Lipinski definition) is 4. The molecule has 1 aliphatic rings. The topological polar surface area (TPSA) is 75.5 Å². The molecular formula is C13H16BrN3O3. The van der Waals surface area contributed by atoms with Gasteiger partial charge in [-0.1, -0.05) is 0 Å². The van der Waals surface area contributed by atoms with Gasteiger partial charge < -0.3 is 10.2 Å². The molecule has 0 saturated carbocycles. The van der Waals surface area contributed by atoms with Crippen molar-refractivity contribution in [1.29, 1.82) is 0 Å². The van der Waals surface area contributed by atoms with E-state index in [4.69, 9.17) is 0 Å². The zero-order chi connectivity index (χ0) is 14.7. The number of nitro groups is 1. The summed E-state index contributed by atoms with van der Waals surface area (Å²) in [6.45, 7) is 1.77. The number of nitro benzene ring substituents is 1. The van der Waals surface area contributed by atoms with Crippen LogP contribution in [-0.4, -0.2) is 41.9 Å². The van der Waals surface area contributed by atoms with Crippen molar-refractivity contribution in [2.24, 2.45) is 0 Å². The minimum Gasteiger partial charge on any atom is -0.339 e. The number of nitrogens with zero attached hydrogens (tertiary/aromatic N) is 2. The quantitative estimate of drug-likeness (QED) is 0.675. The molecular weight excluding hydrogens is 326 g/mol. The Labute approximate surface area is 125 Å². The Kier molecular flexibility index (Phi) is 4.72. The van der Waals surface area contributed by atoms with E-state index in [-0.39, 0.29) is 17.6 Å². The van der Waals surface area contributed by atoms with Crippen molar-refractivity contribution < 1.29 is 9.72 Å². The lowest BCUT2D eigenvalue weighted by Gasteiger charge is -2.31. The molecule has 0 unspecified atom stereocenters. The second-order valence-corrected chi connectivity index (χ2v) is 5.67. The Balaban J connectivity index is 2.23. The average Bonchev–Trinajstić information content (AvgIpc) is 2.47. The number of halogens is 1. The lowest BCUT2D eigenvalue weighted by atomic mass is 10.0. The normalized spacial score (nSPS) is 15.9. The van der Waals surface area contributed by atoms with Crippen molar-refractivity contribution >= 4 is 27.5 Å². The first-order valence-corrected chi connectivity index (χ1v) is 7.22. The number of rotatable bonds is 3. The fourth-order valence-electron chi connectivity index (χ4n) is 2.34. The maximum atomic E-state index is 12.5. The Morgan fingerprint density at radius 3 is 2.70 bits per heavy atom. The summed E-state index contributed by atoms with van der Waals surface area (Å²) >= 11 is 3.29. The van der Waals surface area contributed by atoms with E-state index in [9.17, 15) is 14.9 Å². The number of amides is 1. The Bertz CT molecular complexity index is 530. The van der Waals surface area contributed by atoms with Crippen molar-refractivity contribution in [3.05, 3.63) is 38.3 Å². The number of piperidine rings is 1. The van der Waals surface area contributed by atoms with Gasteiger partial charge in [0.2, 0.25) is 0 Å². The predicted molar refractivity (Wildman–Crippen MR) is 78.8 cm³/mol. The van der Waals surface area contributed by atoms with Gasteiger partial charge in [0, 0.05) is 29.7 Å². The molecule has 7 heteroatoms. The highest BCUT2D eigenvalue weighted by Gasteiger charge is 2.25. The van der Waals surface area contributed by atoms with Crippen LogP contribution in [-0.2, 0) is 0 Å². The summed E-state index contributed by atoms with van der Waals surface area (Å²) in [7, 11) is 1.75. The number of hydrogen-bond donors (Lipinski definition) is 1. The van der Waals surface area contributed by atoms with E-state index in [0.29, 0.717) is 10.0 Å². The van der Waals surface area contributed by atoms with Crippen molar-refractivity contribution in [2.45, 2.75) is 18.9 Å². The zero-order valence-corrected chi connectivity index (χ0v) is 12.7. The molecule has 0 bridgehead atoms. The van der Waals surface area contributed by atoms with E-state index in [2.05, 4.69) is 21.2 Å². The second kappa shape index (κ2) is 6.32. The molecule has 1 saturated heterocycles. The summed E-state index contributed by atoms with van der Waals surface area (Å²) in [6.07, 6.45) is 1.80. The molecule has 1 fully saturated rings. The van der Waals surface area contributed by atoms with Crippen LogP contribution in [0.5, 0.6) is 0 Å². The van der Waals surface area contributed by atoms with Gasteiger partial charge >= 0.3 is 0 Å². The summed E-state index contributed by atoms with van der Waals surface area (Å²) in [5.74, 6) is -0.188. The van der Waals surface area contributed by atoms with Gasteiger partial charge in [-0.2, -0.15) is 0 Å². The molecule has 0 atom stereocenters. The maximum Gasteiger partial charge on any atom is 0.270 e. The summed E-state index contributed by atoms with van der Waals surface area (Å²) in [4.78, 5) is 24.5. The summed E-state index contributed by atoms with van der Waals surface area (Å²) in [5, 5.41) is 14.1. The molecule has 1 aromatic rings. The van der Waals surface area contributed by atoms with Gasteiger partial charge in [0.05, 0.1) is 10.5 Å². The molecule has 0 spiro atoms. The third-order valence-corrected chi connectivity index (χ3v) is 4.26. The molecule has 0 aromatic heterocycles. The highest BCUT2D eigenvalue weighted by atomic mass is 79.9. The van der Waals surface area contributed by atoms with Crippen LogP contribution in [0.2, 0.25) is 0 Å². The van der Waals surface area contributed by atoms with E-state index in [1.54, 1.807) is 18.0 Å². The van der Waals surface area contributed by atoms with Crippen molar-refractivity contribution in [2.75, 3.05) is 20.1 Å². The molecule has 0 radical (unpaired) electrons. The number of nitrogens with one attached hydrogen (secondary N) is 1. The van der Waals surface area contributed by atoms with Gasteiger partial charge in [-0.05, 0) is 47.9 Å². The van der Waals surface area contributed by atoms with Crippen LogP contribution in [0.4, 0.5) is 5.69 Å². The first-order chi connectivity index (χ1) is 9.50. The third kappa shape index (κ3) is 3.16. The van der Waals surface area contributed by atoms with Gasteiger partial charge in [-0.15, -0.1) is 0 Å². The first-order valence-electron chi connectivity index (χ1n) is 6.42. The summed E-state index contributed by atoms with van der Waals surface area (Å²) in [5.41, 5.74) is 0.260. The van der Waals surface area contributed by atoms with Crippen LogP contribution < -0.4 is 5.32 Å². The number of carbonyl (C=O) groups excluding carboxylic acids is 1. The largest absolute Gasteiger partial charge is 0.339 e. The van der Waals surface area contributed by atoms with E-state index in [1.807, 2.05) is 0 Å². The molecule has 1 aliphatic heterocycles. The summed E-state index contributed by atoms with van der Waals surface area (Å²) < 4.78 is 0.578. The third-order valence-electron chi connectivity index (χ3n) is 3.57. The number of carbonyl (C=O) groups is 1. The fourth-order valence-corrected chi connectivity index (χ4v) is 2.76. The van der Waals surface area contributed by atoms with E-state index >= 15 is 0 Å². The van der Waals surface area contributed by atoms with Crippen LogP contribution in [0.3, 0.4) is 0 Å². The predicted octanol–water partition coefficient (Wildman–Crippen LogP) is 2.18. The monoisotopic (exact) mass is 341 g/mol. The SMILES string of the molecule is CN(C(=O)c1cc([N+](=O)[O-])ccc1Br)C1CCNCC1. The molecule has 2 rings (SSSR count).